The summed E-state index contributed by atoms with van der Waals surface area (Å²) in [4.78, 5) is 208. The summed E-state index contributed by atoms with van der Waals surface area (Å²) in [5.41, 5.74) is -2.99. The van der Waals surface area contributed by atoms with Crippen molar-refractivity contribution in [2.24, 2.45) is 0 Å². The molecule has 10 unspecified atom stereocenters. The Labute approximate surface area is 749 Å². The smallest absolute Gasteiger partial charge is 0.458 e. The number of epoxide rings is 1. The van der Waals surface area contributed by atoms with Gasteiger partial charge in [-0.2, -0.15) is 9.57 Å². The second-order valence-corrected chi connectivity index (χ2v) is 38.2. The number of carbonyl (C=O) groups is 5. The van der Waals surface area contributed by atoms with Crippen LogP contribution in [0.25, 0.3) is 0 Å². The van der Waals surface area contributed by atoms with Crippen molar-refractivity contribution in [1.29, 1.82) is 0 Å². The number of nitrogens with one attached hydrogen (secondary N) is 4. The summed E-state index contributed by atoms with van der Waals surface area (Å²) in [6.07, 6.45) is 25.6. The van der Waals surface area contributed by atoms with Gasteiger partial charge in [0.2, 0.25) is 0 Å². The van der Waals surface area contributed by atoms with Crippen molar-refractivity contribution < 1.29 is 163 Å². The Morgan fingerprint density at radius 2 is 0.902 bits per heavy atom. The van der Waals surface area contributed by atoms with Gasteiger partial charge in [-0.1, -0.05) is 66.3 Å². The normalized spacial score (nSPS) is 28.4. The largest absolute Gasteiger partial charge is 0.488 e. The average molecular weight is 1950 g/mol. The number of ether oxygens (including phenoxy) is 12. The highest BCUT2D eigenvalue weighted by molar-refractivity contribution is 7.68. The lowest BCUT2D eigenvalue weighted by Crippen LogP contribution is -2.36. The van der Waals surface area contributed by atoms with E-state index in [0.29, 0.717) is 31.5 Å². The molecule has 8 aliphatic carbocycles. The highest BCUT2D eigenvalue weighted by Crippen LogP contribution is 2.66. The van der Waals surface area contributed by atoms with E-state index in [4.69, 9.17) is 82.0 Å². The Balaban J connectivity index is 0.000000213. The van der Waals surface area contributed by atoms with Crippen LogP contribution in [0.5, 0.6) is 0 Å². The van der Waals surface area contributed by atoms with Crippen LogP contribution in [-0.4, -0.2) is 234 Å². The number of esters is 4. The van der Waals surface area contributed by atoms with Gasteiger partial charge >= 0.3 is 83.4 Å². The topological polar surface area (TPSA) is 717 Å². The molecule has 16 rings (SSSR count). The minimum atomic E-state index is -5.60. The number of nitrogens with zero attached hydrogens (tertiary/aromatic N) is 4. The molecule has 0 bridgehead atoms. The molecule has 7 fully saturated rings. The molecule has 0 amide bonds. The van der Waals surface area contributed by atoms with Gasteiger partial charge in [0.25, 0.3) is 22.2 Å². The lowest BCUT2D eigenvalue weighted by Gasteiger charge is -2.24. The summed E-state index contributed by atoms with van der Waals surface area (Å²) in [5.74, 6) is -4.39. The molecule has 3 saturated carbocycles. The van der Waals surface area contributed by atoms with Crippen LogP contribution in [0.3, 0.4) is 0 Å². The maximum Gasteiger partial charge on any atom is 0.488 e. The number of carbonyl (C=O) groups excluding carboxylic acids is 5. The second kappa shape index (κ2) is 47.6. The zero-order valence-corrected chi connectivity index (χ0v) is 76.7. The summed E-state index contributed by atoms with van der Waals surface area (Å²) < 4.78 is 122. The predicted molar refractivity (Wildman–Crippen MR) is 454 cm³/mol. The molecule has 4 aromatic rings. The second-order valence-electron chi connectivity index (χ2n) is 31.9. The number of aromatic nitrogens is 8. The Morgan fingerprint density at radius 1 is 0.485 bits per heavy atom. The number of aliphatic hydroxyl groups is 3. The molecule has 4 saturated heterocycles. The van der Waals surface area contributed by atoms with E-state index >= 15 is 0 Å². The van der Waals surface area contributed by atoms with E-state index in [1.165, 1.54) is 94.5 Å². The maximum absolute atomic E-state index is 12.2. The SMILES string of the molecule is C1=CC2OC2C1.C1=CCC=C1.CC(=O)OC(C)=O.CC(=O)OC1=CC=C(C)C1.CC(=O)OO.CC(=O)O[C@H]1C=C[C@@H](O)C1.CC1(C)OC2C(O1)[C@@H](O)C[C@H]2n1ccc(=O)[nH]c1=O.CC1(C)OC2C(O1)[C@H](n1ccc(=O)[nH]c1=O)C[C@@H]2OCP(=O)(O)O.CC1(C)OC2C(O1)[C@H](n1ccc(=O)[nH]c1=O)C[C@@H]2OCP(=O)(O)OP(=O)(O)OP(=O)(O)O.O=c1ccn([C@H]2C=C[C@@H](O)C2)c(=O)[nH]1. The Hall–Kier alpha value is -9.47. The molecule has 0 aromatic carbocycles. The molecule has 4 aromatic heterocycles. The molecule has 14 N–H and O–H groups in total. The monoisotopic (exact) mass is 1950 g/mol. The molecule has 132 heavy (non-hydrogen) atoms. The third-order valence-corrected chi connectivity index (χ3v) is 23.9. The Bertz CT molecular complexity index is 5620. The van der Waals surface area contributed by atoms with Gasteiger partial charge in [0.1, 0.15) is 67.3 Å². The highest BCUT2D eigenvalue weighted by Gasteiger charge is 2.59. The minimum Gasteiger partial charge on any atom is -0.458 e. The first-order valence-corrected chi connectivity index (χ1v) is 46.9. The van der Waals surface area contributed by atoms with Crippen molar-refractivity contribution in [3.63, 3.8) is 0 Å². The number of rotatable bonds is 16. The van der Waals surface area contributed by atoms with Crippen molar-refractivity contribution in [2.75, 3.05) is 12.7 Å². The quantitative estimate of drug-likeness (QED) is 0.0112. The number of hydrogen-bond donors (Lipinski definition) is 14. The van der Waals surface area contributed by atoms with Crippen LogP contribution in [0, 0.1) is 0 Å². The standard InChI is InChI=1S/C13H21N2O14P3.C13H19N2O8P.C12H16N2O5.C9H10N2O3.C8H10O2.C7H10O3.C5H6O.C5H6.C4H6O3.C2H4O3/c1-13(2)26-10-7(15-4-3-9(16)14-12(15)17)5-8(11(10)27-13)25-6-30(18,19)28-32(23,24)29-31(20,21)22;1-13(2)22-10-7(15-4-3-9(16)14-12(15)17)5-8(11(10)23-13)21-6-24(18,19)20;1-12(2)18-9-6(5-7(15)10(9)19-12)14-4-3-8(16)13-11(14)17;12-7-2-1-6(5-7)11-4-3-8(13)10-9(11)14;1-6-3-4-8(5-6)10-7(2)9;1-5(8)10-7-3-2-6(9)4-7;1-2-4-5(3-1)6-4;1-2-4-5-3-1;1-3(5)7-4(2)6;1-2(3)5-4/h3-4,7-8,10-11H,5-6H2,1-2H3,(H,18,19)(H,23,24)(H,14,16,17)(H2,20,21,22);3-4,7-8,10-11H,5-6H2,1-2H3,(H,14,16,17)(H2,18,19,20);3-4,6-7,9-10,15H,5H2,1-2H3,(H,13,16,17);1-4,6-7,12H,5H2,(H,10,13,14);3-4H,5H2,1-2H3;2-3,6-7,9H,4H2,1H3;1-2,4-5H,3H2;1-4H,5H2;1-2H3;4H,1H3/t2*7-,8+,10?,11?;6-,7+,9?,10?;6-,7+;;6-,7+;;;;/m1110.1..../s1. The molecule has 0 spiro atoms. The van der Waals surface area contributed by atoms with Gasteiger partial charge in [-0.15, -0.1) is 0 Å². The van der Waals surface area contributed by atoms with Crippen LogP contribution in [0.15, 0.2) is 172 Å². The fourth-order valence-corrected chi connectivity index (χ4v) is 18.2. The lowest BCUT2D eigenvalue weighted by atomic mass is 10.2. The number of aromatic amines is 4. The summed E-state index contributed by atoms with van der Waals surface area (Å²) in [6.45, 7) is 18.4. The van der Waals surface area contributed by atoms with Gasteiger partial charge in [-0.05, 0) is 92.7 Å². The van der Waals surface area contributed by atoms with Crippen LogP contribution in [0.4, 0.5) is 0 Å². The van der Waals surface area contributed by atoms with Gasteiger partial charge < -0.3 is 106 Å². The van der Waals surface area contributed by atoms with Crippen molar-refractivity contribution in [3.05, 3.63) is 217 Å². The molecule has 0 radical (unpaired) electrons. The molecular weight excluding hydrogens is 1840 g/mol. The molecule has 20 atom stereocenters. The molecule has 732 valence electrons. The number of fused-ring (bicyclic) bond motifs is 4. The van der Waals surface area contributed by atoms with Crippen molar-refractivity contribution in [1.82, 2.24) is 38.2 Å². The van der Waals surface area contributed by atoms with Gasteiger partial charge in [0.05, 0.1) is 60.8 Å². The van der Waals surface area contributed by atoms with E-state index in [2.05, 4.69) is 74.6 Å². The third kappa shape index (κ3) is 36.1. The van der Waals surface area contributed by atoms with E-state index in [1.54, 1.807) is 65.8 Å². The minimum absolute atomic E-state index is 0.0210. The number of hydrogen-bond acceptors (Lipinski definition) is 36. The first-order valence-electron chi connectivity index (χ1n) is 40.3. The summed E-state index contributed by atoms with van der Waals surface area (Å²) in [5, 5.41) is 35.5. The van der Waals surface area contributed by atoms with Crippen molar-refractivity contribution >= 4 is 60.7 Å². The van der Waals surface area contributed by atoms with E-state index in [0.717, 1.165) is 38.0 Å². The zero-order valence-electron chi connectivity index (χ0n) is 73.1. The molecule has 50 nitrogen and oxygen atoms in total. The van der Waals surface area contributed by atoms with Gasteiger partial charge in [0, 0.05) is 103 Å². The molecule has 54 heteroatoms. The van der Waals surface area contributed by atoms with Crippen LogP contribution < -0.4 is 45.0 Å². The fraction of sp³-hybridized carbons (Fsp3) is 0.551. The Morgan fingerprint density at radius 3 is 1.22 bits per heavy atom. The number of H-pyrrole nitrogens is 4. The zero-order chi connectivity index (χ0) is 98.5. The average Bonchev–Trinajstić information content (AvgIpc) is 1.62. The summed E-state index contributed by atoms with van der Waals surface area (Å²) in [7, 11) is -20.5. The van der Waals surface area contributed by atoms with E-state index in [-0.39, 0.29) is 43.0 Å². The van der Waals surface area contributed by atoms with Gasteiger partial charge in [-0.3, -0.25) is 85.7 Å². The van der Waals surface area contributed by atoms with Crippen LogP contribution >= 0.6 is 30.8 Å². The number of aliphatic hydroxyl groups excluding tert-OH is 3. The molecule has 12 aliphatic rings. The first kappa shape index (κ1) is 110. The van der Waals surface area contributed by atoms with E-state index < -0.39 is 203 Å². The van der Waals surface area contributed by atoms with Crippen molar-refractivity contribution in [2.45, 2.75) is 261 Å². The van der Waals surface area contributed by atoms with Crippen LogP contribution in [0.2, 0.25) is 0 Å². The fourth-order valence-electron chi connectivity index (χ4n) is 14.5. The maximum atomic E-state index is 12.2. The van der Waals surface area contributed by atoms with Gasteiger partial charge in [-0.25, -0.2) is 37.4 Å². The van der Waals surface area contributed by atoms with E-state index in [9.17, 15) is 101 Å². The summed E-state index contributed by atoms with van der Waals surface area (Å²) in [6, 6.07) is 3.24. The van der Waals surface area contributed by atoms with Crippen molar-refractivity contribution in [3.8, 4) is 0 Å². The van der Waals surface area contributed by atoms with E-state index in [1.807, 2.05) is 19.1 Å². The predicted octanol–water partition coefficient (Wildman–Crippen LogP) is 2.40. The van der Waals surface area contributed by atoms with Gasteiger partial charge in [0.15, 0.2) is 17.4 Å². The molecular formula is C78H108N8O42P4. The Kier molecular flexibility index (Phi) is 39.5. The molecule has 8 heterocycles. The first-order chi connectivity index (χ1) is 61.3. The van der Waals surface area contributed by atoms with Crippen LogP contribution in [-0.2, 0) is 113 Å². The molecule has 4 aliphatic heterocycles. The van der Waals surface area contributed by atoms with Crippen LogP contribution in [0.1, 0.15) is 159 Å². The summed E-state index contributed by atoms with van der Waals surface area (Å²) >= 11 is 0. The number of allylic oxidation sites excluding steroid dienone is 8. The highest BCUT2D eigenvalue weighted by atomic mass is 31.3. The third-order valence-electron chi connectivity index (χ3n) is 19.4. The number of phosphoric acid groups is 2. The lowest BCUT2D eigenvalue weighted by molar-refractivity contribution is -0.231.